The van der Waals surface area contributed by atoms with Crippen LogP contribution >= 0.6 is 0 Å². The first kappa shape index (κ1) is 12.9. The van der Waals surface area contributed by atoms with Gasteiger partial charge in [-0.1, -0.05) is 6.07 Å². The summed E-state index contributed by atoms with van der Waals surface area (Å²) < 4.78 is 5.47. The maximum atomic E-state index is 12.1. The van der Waals surface area contributed by atoms with Crippen molar-refractivity contribution in [2.24, 2.45) is 0 Å². The van der Waals surface area contributed by atoms with E-state index in [0.717, 1.165) is 30.6 Å². The zero-order valence-corrected chi connectivity index (χ0v) is 11.0. The van der Waals surface area contributed by atoms with E-state index in [9.17, 15) is 4.79 Å². The molecule has 1 saturated heterocycles. The van der Waals surface area contributed by atoms with Crippen LogP contribution in [0.1, 0.15) is 34.3 Å². The van der Waals surface area contributed by atoms with Crippen LogP contribution in [0.25, 0.3) is 0 Å². The predicted octanol–water partition coefficient (Wildman–Crippen LogP) is 1.79. The van der Waals surface area contributed by atoms with Crippen molar-refractivity contribution in [3.05, 3.63) is 28.8 Å². The van der Waals surface area contributed by atoms with Crippen LogP contribution in [0.15, 0.2) is 12.1 Å². The number of benzene rings is 1. The van der Waals surface area contributed by atoms with Crippen LogP contribution in [-0.4, -0.2) is 25.2 Å². The van der Waals surface area contributed by atoms with Gasteiger partial charge in [0.2, 0.25) is 0 Å². The number of anilines is 1. The fraction of sp³-hybridized carbons (Fsp3) is 0.500. The smallest absolute Gasteiger partial charge is 0.251 e. The number of nitrogens with one attached hydrogen (secondary N) is 1. The number of carbonyl (C=O) groups excluding carboxylic acids is 1. The number of hydrogen-bond acceptors (Lipinski definition) is 3. The van der Waals surface area contributed by atoms with Gasteiger partial charge >= 0.3 is 0 Å². The summed E-state index contributed by atoms with van der Waals surface area (Å²) in [5.41, 5.74) is 9.10. The van der Waals surface area contributed by atoms with Crippen molar-refractivity contribution >= 4 is 11.6 Å². The third kappa shape index (κ3) is 2.82. The number of rotatable bonds is 3. The molecule has 0 radical (unpaired) electrons. The topological polar surface area (TPSA) is 64.3 Å². The summed E-state index contributed by atoms with van der Waals surface area (Å²) >= 11 is 0. The van der Waals surface area contributed by atoms with E-state index in [4.69, 9.17) is 10.5 Å². The summed E-state index contributed by atoms with van der Waals surface area (Å²) in [6.45, 7) is 5.24. The minimum atomic E-state index is -0.0744. The number of aryl methyl sites for hydroxylation is 2. The highest BCUT2D eigenvalue weighted by Gasteiger charge is 2.17. The molecule has 0 bridgehead atoms. The second kappa shape index (κ2) is 5.40. The molecule has 98 valence electrons. The van der Waals surface area contributed by atoms with Crippen LogP contribution in [0, 0.1) is 13.8 Å². The number of nitrogen functional groups attached to an aromatic ring is 1. The van der Waals surface area contributed by atoms with Gasteiger partial charge in [-0.3, -0.25) is 4.79 Å². The predicted molar refractivity (Wildman–Crippen MR) is 71.6 cm³/mol. The van der Waals surface area contributed by atoms with Gasteiger partial charge in [0.15, 0.2) is 0 Å². The maximum absolute atomic E-state index is 12.1. The Hall–Kier alpha value is -1.55. The van der Waals surface area contributed by atoms with Gasteiger partial charge in [0.25, 0.3) is 5.91 Å². The average Bonchev–Trinajstić information content (AvgIpc) is 2.84. The molecule has 1 aliphatic rings. The van der Waals surface area contributed by atoms with E-state index in [0.29, 0.717) is 17.8 Å². The largest absolute Gasteiger partial charge is 0.398 e. The van der Waals surface area contributed by atoms with Gasteiger partial charge in [0.05, 0.1) is 6.10 Å². The SMILES string of the molecule is Cc1cc(C)c(C(=O)NCC2CCCO2)cc1N. The van der Waals surface area contributed by atoms with Crippen LogP contribution in [0.4, 0.5) is 5.69 Å². The monoisotopic (exact) mass is 248 g/mol. The van der Waals surface area contributed by atoms with Gasteiger partial charge in [0.1, 0.15) is 0 Å². The summed E-state index contributed by atoms with van der Waals surface area (Å²) in [6.07, 6.45) is 2.27. The highest BCUT2D eigenvalue weighted by Crippen LogP contribution is 2.18. The summed E-state index contributed by atoms with van der Waals surface area (Å²) in [6, 6.07) is 3.69. The number of amides is 1. The Morgan fingerprint density at radius 1 is 1.44 bits per heavy atom. The zero-order valence-electron chi connectivity index (χ0n) is 11.0. The van der Waals surface area contributed by atoms with E-state index in [2.05, 4.69) is 5.32 Å². The maximum Gasteiger partial charge on any atom is 0.251 e. The average molecular weight is 248 g/mol. The molecule has 0 saturated carbocycles. The molecule has 2 rings (SSSR count). The first-order valence-electron chi connectivity index (χ1n) is 6.34. The quantitative estimate of drug-likeness (QED) is 0.802. The molecule has 1 aromatic rings. The Morgan fingerprint density at radius 3 is 2.89 bits per heavy atom. The van der Waals surface area contributed by atoms with Crippen LogP contribution in [-0.2, 0) is 4.74 Å². The van der Waals surface area contributed by atoms with Crippen LogP contribution < -0.4 is 11.1 Å². The highest BCUT2D eigenvalue weighted by molar-refractivity contribution is 5.96. The minimum Gasteiger partial charge on any atom is -0.398 e. The first-order valence-corrected chi connectivity index (χ1v) is 6.34. The normalized spacial score (nSPS) is 18.9. The van der Waals surface area contributed by atoms with Gasteiger partial charge in [-0.15, -0.1) is 0 Å². The molecule has 3 N–H and O–H groups in total. The number of nitrogens with two attached hydrogens (primary N) is 1. The standard InChI is InChI=1S/C14H20N2O2/c1-9-6-10(2)13(15)7-12(9)14(17)16-8-11-4-3-5-18-11/h6-7,11H,3-5,8,15H2,1-2H3,(H,16,17). The zero-order chi connectivity index (χ0) is 13.1. The lowest BCUT2D eigenvalue weighted by Gasteiger charge is -2.13. The number of ether oxygens (including phenoxy) is 1. The van der Waals surface area contributed by atoms with E-state index in [1.165, 1.54) is 0 Å². The molecule has 4 heteroatoms. The van der Waals surface area contributed by atoms with Crippen molar-refractivity contribution in [2.75, 3.05) is 18.9 Å². The van der Waals surface area contributed by atoms with Crippen molar-refractivity contribution in [2.45, 2.75) is 32.8 Å². The first-order chi connectivity index (χ1) is 8.58. The Labute approximate surface area is 108 Å². The molecule has 1 atom stereocenters. The molecule has 1 amide bonds. The third-order valence-corrected chi connectivity index (χ3v) is 3.37. The Balaban J connectivity index is 2.01. The molecular weight excluding hydrogens is 228 g/mol. The van der Waals surface area contributed by atoms with Gasteiger partial charge in [0, 0.05) is 24.4 Å². The van der Waals surface area contributed by atoms with Gasteiger partial charge in [-0.05, 0) is 43.9 Å². The van der Waals surface area contributed by atoms with E-state index < -0.39 is 0 Å². The Morgan fingerprint density at radius 2 is 2.22 bits per heavy atom. The van der Waals surface area contributed by atoms with Crippen molar-refractivity contribution in [3.8, 4) is 0 Å². The molecule has 1 aliphatic heterocycles. The molecular formula is C14H20N2O2. The molecule has 0 spiro atoms. The van der Waals surface area contributed by atoms with Crippen LogP contribution in [0.5, 0.6) is 0 Å². The molecule has 1 fully saturated rings. The Kier molecular flexibility index (Phi) is 3.87. The lowest BCUT2D eigenvalue weighted by Crippen LogP contribution is -2.32. The molecule has 1 unspecified atom stereocenters. The van der Waals surface area contributed by atoms with Gasteiger partial charge in [-0.25, -0.2) is 0 Å². The molecule has 0 aromatic heterocycles. The van der Waals surface area contributed by atoms with E-state index in [1.807, 2.05) is 19.9 Å². The van der Waals surface area contributed by atoms with E-state index in [-0.39, 0.29) is 12.0 Å². The van der Waals surface area contributed by atoms with Crippen molar-refractivity contribution in [1.82, 2.24) is 5.32 Å². The van der Waals surface area contributed by atoms with Crippen LogP contribution in [0.2, 0.25) is 0 Å². The lowest BCUT2D eigenvalue weighted by atomic mass is 10.0. The minimum absolute atomic E-state index is 0.0744. The summed E-state index contributed by atoms with van der Waals surface area (Å²) in [5.74, 6) is -0.0744. The number of hydrogen-bond donors (Lipinski definition) is 2. The third-order valence-electron chi connectivity index (χ3n) is 3.37. The van der Waals surface area contributed by atoms with E-state index in [1.54, 1.807) is 6.07 Å². The van der Waals surface area contributed by atoms with E-state index >= 15 is 0 Å². The summed E-state index contributed by atoms with van der Waals surface area (Å²) in [4.78, 5) is 12.1. The number of carbonyl (C=O) groups is 1. The van der Waals surface area contributed by atoms with Gasteiger partial charge in [-0.2, -0.15) is 0 Å². The fourth-order valence-corrected chi connectivity index (χ4v) is 2.22. The molecule has 18 heavy (non-hydrogen) atoms. The summed E-state index contributed by atoms with van der Waals surface area (Å²) in [7, 11) is 0. The highest BCUT2D eigenvalue weighted by atomic mass is 16.5. The molecule has 1 aromatic carbocycles. The van der Waals surface area contributed by atoms with Gasteiger partial charge < -0.3 is 15.8 Å². The van der Waals surface area contributed by atoms with Crippen molar-refractivity contribution < 1.29 is 9.53 Å². The Bertz CT molecular complexity index is 451. The lowest BCUT2D eigenvalue weighted by molar-refractivity contribution is 0.0857. The summed E-state index contributed by atoms with van der Waals surface area (Å²) in [5, 5.41) is 2.91. The van der Waals surface area contributed by atoms with Crippen molar-refractivity contribution in [1.29, 1.82) is 0 Å². The van der Waals surface area contributed by atoms with Crippen molar-refractivity contribution in [3.63, 3.8) is 0 Å². The van der Waals surface area contributed by atoms with Crippen LogP contribution in [0.3, 0.4) is 0 Å². The molecule has 0 aliphatic carbocycles. The molecule has 1 heterocycles. The second-order valence-electron chi connectivity index (χ2n) is 4.87. The fourth-order valence-electron chi connectivity index (χ4n) is 2.22. The second-order valence-corrected chi connectivity index (χ2v) is 4.87. The molecule has 4 nitrogen and oxygen atoms in total.